The Morgan fingerprint density at radius 2 is 1.67 bits per heavy atom. The van der Waals surface area contributed by atoms with E-state index in [1.54, 1.807) is 36.4 Å². The largest absolute Gasteiger partial charge is 0.478 e. The smallest absolute Gasteiger partial charge is 0.266 e. The van der Waals surface area contributed by atoms with Crippen LogP contribution in [-0.4, -0.2) is 26.3 Å². The van der Waals surface area contributed by atoms with Crippen molar-refractivity contribution >= 4 is 38.9 Å². The molecule has 1 aliphatic rings. The number of sulfonamides is 1. The molecule has 4 rings (SSSR count). The molecular weight excluding hydrogens is 442 g/mol. The summed E-state index contributed by atoms with van der Waals surface area (Å²) in [5.74, 6) is -0.332. The van der Waals surface area contributed by atoms with Crippen LogP contribution in [0.4, 0.5) is 17.1 Å². The molecule has 0 radical (unpaired) electrons. The van der Waals surface area contributed by atoms with Gasteiger partial charge in [-0.15, -0.1) is 0 Å². The first-order chi connectivity index (χ1) is 15.7. The highest BCUT2D eigenvalue weighted by molar-refractivity contribution is 7.92. The Bertz CT molecular complexity index is 1320. The summed E-state index contributed by atoms with van der Waals surface area (Å²) in [6, 6.07) is 18.1. The molecule has 8 nitrogen and oxygen atoms in total. The van der Waals surface area contributed by atoms with E-state index in [2.05, 4.69) is 15.4 Å². The van der Waals surface area contributed by atoms with Crippen molar-refractivity contribution in [3.05, 3.63) is 77.9 Å². The molecule has 0 aromatic heterocycles. The van der Waals surface area contributed by atoms with E-state index in [4.69, 9.17) is 4.74 Å². The zero-order chi connectivity index (χ0) is 23.6. The molecule has 0 saturated heterocycles. The first kappa shape index (κ1) is 22.3. The molecule has 0 fully saturated rings. The summed E-state index contributed by atoms with van der Waals surface area (Å²) in [6.07, 6.45) is -1.14. The van der Waals surface area contributed by atoms with Crippen LogP contribution >= 0.6 is 0 Å². The third-order valence-corrected chi connectivity index (χ3v) is 6.68. The van der Waals surface area contributed by atoms with Crippen LogP contribution in [0.5, 0.6) is 5.75 Å². The zero-order valence-electron chi connectivity index (χ0n) is 18.1. The minimum Gasteiger partial charge on any atom is -0.478 e. The average molecular weight is 466 g/mol. The van der Waals surface area contributed by atoms with Gasteiger partial charge in [0, 0.05) is 11.4 Å². The van der Waals surface area contributed by atoms with E-state index < -0.39 is 27.9 Å². The molecule has 33 heavy (non-hydrogen) atoms. The fourth-order valence-corrected chi connectivity index (χ4v) is 4.39. The number of para-hydroxylation sites is 2. The lowest BCUT2D eigenvalue weighted by Crippen LogP contribution is -2.39. The van der Waals surface area contributed by atoms with Gasteiger partial charge >= 0.3 is 0 Å². The SMILES string of the molecule is Cc1ccc(NS(=O)(=O)c2ccc(NC(=O)CC3Oc4ccccc4NC3=O)cc2)cc1C. The number of carbonyl (C=O) groups is 2. The van der Waals surface area contributed by atoms with Crippen LogP contribution in [0, 0.1) is 13.8 Å². The number of nitrogens with one attached hydrogen (secondary N) is 3. The van der Waals surface area contributed by atoms with Crippen LogP contribution in [0.25, 0.3) is 0 Å². The Hall–Kier alpha value is -3.85. The van der Waals surface area contributed by atoms with Crippen molar-refractivity contribution in [1.29, 1.82) is 0 Å². The molecule has 2 amide bonds. The Morgan fingerprint density at radius 1 is 0.970 bits per heavy atom. The highest BCUT2D eigenvalue weighted by Crippen LogP contribution is 2.29. The quantitative estimate of drug-likeness (QED) is 0.512. The Kier molecular flexibility index (Phi) is 6.06. The molecule has 9 heteroatoms. The molecule has 1 atom stereocenters. The van der Waals surface area contributed by atoms with E-state index in [-0.39, 0.29) is 11.3 Å². The van der Waals surface area contributed by atoms with Gasteiger partial charge in [-0.05, 0) is 73.5 Å². The van der Waals surface area contributed by atoms with Crippen LogP contribution in [0.15, 0.2) is 71.6 Å². The first-order valence-corrected chi connectivity index (χ1v) is 11.8. The van der Waals surface area contributed by atoms with E-state index in [1.165, 1.54) is 24.3 Å². The minimum absolute atomic E-state index is 0.0605. The molecule has 1 heterocycles. The second-order valence-electron chi connectivity index (χ2n) is 7.77. The molecule has 0 saturated carbocycles. The van der Waals surface area contributed by atoms with Crippen LogP contribution in [0.2, 0.25) is 0 Å². The summed E-state index contributed by atoms with van der Waals surface area (Å²) in [6.45, 7) is 3.86. The highest BCUT2D eigenvalue weighted by atomic mass is 32.2. The summed E-state index contributed by atoms with van der Waals surface area (Å²) in [7, 11) is -3.78. The molecule has 170 valence electrons. The maximum absolute atomic E-state index is 12.7. The van der Waals surface area contributed by atoms with Crippen molar-refractivity contribution in [3.63, 3.8) is 0 Å². The number of hydrogen-bond donors (Lipinski definition) is 3. The summed E-state index contributed by atoms with van der Waals surface area (Å²) in [5, 5.41) is 5.37. The second-order valence-corrected chi connectivity index (χ2v) is 9.46. The molecule has 1 aliphatic heterocycles. The van der Waals surface area contributed by atoms with Crippen molar-refractivity contribution in [1.82, 2.24) is 0 Å². The van der Waals surface area contributed by atoms with E-state index in [0.717, 1.165) is 11.1 Å². The van der Waals surface area contributed by atoms with Crippen LogP contribution in [-0.2, 0) is 19.6 Å². The number of hydrogen-bond acceptors (Lipinski definition) is 5. The van der Waals surface area contributed by atoms with Crippen molar-refractivity contribution in [2.75, 3.05) is 15.4 Å². The zero-order valence-corrected chi connectivity index (χ0v) is 18.9. The fourth-order valence-electron chi connectivity index (χ4n) is 3.34. The van der Waals surface area contributed by atoms with Crippen molar-refractivity contribution in [2.24, 2.45) is 0 Å². The Balaban J connectivity index is 1.38. The first-order valence-electron chi connectivity index (χ1n) is 10.3. The maximum Gasteiger partial charge on any atom is 0.266 e. The fraction of sp³-hybridized carbons (Fsp3) is 0.167. The predicted octanol–water partition coefficient (Wildman–Crippen LogP) is 3.83. The number of carbonyl (C=O) groups excluding carboxylic acids is 2. The van der Waals surface area contributed by atoms with Crippen molar-refractivity contribution < 1.29 is 22.7 Å². The number of aryl methyl sites for hydroxylation is 2. The Morgan fingerprint density at radius 3 is 2.39 bits per heavy atom. The van der Waals surface area contributed by atoms with Gasteiger partial charge in [0.15, 0.2) is 6.10 Å². The lowest BCUT2D eigenvalue weighted by atomic mass is 10.1. The number of ether oxygens (including phenoxy) is 1. The van der Waals surface area contributed by atoms with Crippen LogP contribution < -0.4 is 20.1 Å². The maximum atomic E-state index is 12.7. The van der Waals surface area contributed by atoms with Gasteiger partial charge in [-0.3, -0.25) is 14.3 Å². The van der Waals surface area contributed by atoms with Crippen LogP contribution in [0.1, 0.15) is 17.5 Å². The van der Waals surface area contributed by atoms with Gasteiger partial charge in [-0.25, -0.2) is 8.42 Å². The average Bonchev–Trinajstić information content (AvgIpc) is 2.77. The van der Waals surface area contributed by atoms with Gasteiger partial charge in [0.1, 0.15) is 5.75 Å². The summed E-state index contributed by atoms with van der Waals surface area (Å²) in [5.41, 5.74) is 3.49. The molecule has 0 spiro atoms. The number of amides is 2. The monoisotopic (exact) mass is 465 g/mol. The van der Waals surface area contributed by atoms with Gasteiger partial charge in [0.25, 0.3) is 15.9 Å². The summed E-state index contributed by atoms with van der Waals surface area (Å²) < 4.78 is 33.5. The van der Waals surface area contributed by atoms with E-state index >= 15 is 0 Å². The molecular formula is C24H23N3O5S. The Labute approximate surface area is 192 Å². The van der Waals surface area contributed by atoms with Crippen LogP contribution in [0.3, 0.4) is 0 Å². The van der Waals surface area contributed by atoms with Gasteiger partial charge in [-0.1, -0.05) is 18.2 Å². The normalized spacial score (nSPS) is 15.1. The topological polar surface area (TPSA) is 114 Å². The highest BCUT2D eigenvalue weighted by Gasteiger charge is 2.29. The van der Waals surface area contributed by atoms with Gasteiger partial charge in [0.2, 0.25) is 5.91 Å². The number of benzene rings is 3. The number of fused-ring (bicyclic) bond motifs is 1. The van der Waals surface area contributed by atoms with Gasteiger partial charge in [-0.2, -0.15) is 0 Å². The summed E-state index contributed by atoms with van der Waals surface area (Å²) >= 11 is 0. The lowest BCUT2D eigenvalue weighted by molar-refractivity contribution is -0.128. The van der Waals surface area contributed by atoms with Gasteiger partial charge in [0.05, 0.1) is 17.0 Å². The standard InChI is InChI=1S/C24H23N3O5S/c1-15-7-8-18(13-16(15)2)27-33(30,31)19-11-9-17(10-12-19)25-23(28)14-22-24(29)26-20-5-3-4-6-21(20)32-22/h3-13,22,27H,14H2,1-2H3,(H,25,28)(H,26,29). The summed E-state index contributed by atoms with van der Waals surface area (Å²) in [4.78, 5) is 24.7. The third-order valence-electron chi connectivity index (χ3n) is 5.28. The molecule has 0 aliphatic carbocycles. The molecule has 1 unspecified atom stereocenters. The van der Waals surface area contributed by atoms with Crippen molar-refractivity contribution in [2.45, 2.75) is 31.3 Å². The molecule has 3 N–H and O–H groups in total. The third kappa shape index (κ3) is 5.15. The molecule has 0 bridgehead atoms. The second kappa shape index (κ2) is 8.95. The number of anilines is 3. The van der Waals surface area contributed by atoms with Crippen molar-refractivity contribution in [3.8, 4) is 5.75 Å². The molecule has 3 aromatic rings. The predicted molar refractivity (Wildman–Crippen MR) is 126 cm³/mol. The van der Waals surface area contributed by atoms with E-state index in [9.17, 15) is 18.0 Å². The van der Waals surface area contributed by atoms with Gasteiger partial charge < -0.3 is 15.4 Å². The lowest BCUT2D eigenvalue weighted by Gasteiger charge is -2.25. The number of rotatable bonds is 6. The van der Waals surface area contributed by atoms with E-state index in [1.807, 2.05) is 19.9 Å². The van der Waals surface area contributed by atoms with E-state index in [0.29, 0.717) is 22.8 Å². The minimum atomic E-state index is -3.78. The molecule has 3 aromatic carbocycles.